The molecule has 5 aromatic carbocycles. The maximum atomic E-state index is 6.60. The van der Waals surface area contributed by atoms with Crippen LogP contribution in [0.5, 0.6) is 0 Å². The Bertz CT molecular complexity index is 1300. The molecule has 0 radical (unpaired) electrons. The van der Waals surface area contributed by atoms with Gasteiger partial charge in [-0.3, -0.25) is 0 Å². The Hall–Kier alpha value is -3.81. The minimum Gasteiger partial charge on any atom is -0.310 e. The largest absolute Gasteiger partial charge is 0.310 e. The van der Waals surface area contributed by atoms with Crippen molar-refractivity contribution in [3.8, 4) is 22.3 Å². The van der Waals surface area contributed by atoms with Gasteiger partial charge in [-0.1, -0.05) is 103 Å². The number of benzene rings is 5. The first-order valence-electron chi connectivity index (χ1n) is 10.6. The molecule has 0 fully saturated rings. The fourth-order valence-corrected chi connectivity index (χ4v) is 4.19. The Kier molecular flexibility index (Phi) is 5.74. The molecule has 0 saturated heterocycles. The highest BCUT2D eigenvalue weighted by Crippen LogP contribution is 2.38. The van der Waals surface area contributed by atoms with Crippen LogP contribution < -0.4 is 4.90 Å². The van der Waals surface area contributed by atoms with Crippen LogP contribution in [0, 0.1) is 0 Å². The quantitative estimate of drug-likeness (QED) is 0.268. The zero-order valence-corrected chi connectivity index (χ0v) is 18.3. The molecule has 0 heterocycles. The number of rotatable bonds is 5. The molecule has 5 aromatic rings. The Morgan fingerprint density at radius 3 is 1.44 bits per heavy atom. The average molecular weight is 432 g/mol. The van der Waals surface area contributed by atoms with Gasteiger partial charge in [-0.05, 0) is 64.7 Å². The highest BCUT2D eigenvalue weighted by molar-refractivity contribution is 6.31. The second-order valence-electron chi connectivity index (χ2n) is 7.65. The van der Waals surface area contributed by atoms with Gasteiger partial charge in [-0.25, -0.2) is 0 Å². The number of hydrogen-bond acceptors (Lipinski definition) is 1. The first-order valence-corrected chi connectivity index (χ1v) is 11.0. The van der Waals surface area contributed by atoms with E-state index in [4.69, 9.17) is 11.6 Å². The summed E-state index contributed by atoms with van der Waals surface area (Å²) < 4.78 is 0. The van der Waals surface area contributed by atoms with E-state index in [1.54, 1.807) is 0 Å². The van der Waals surface area contributed by atoms with Crippen LogP contribution in [0.3, 0.4) is 0 Å². The van der Waals surface area contributed by atoms with Gasteiger partial charge in [0.25, 0.3) is 0 Å². The lowest BCUT2D eigenvalue weighted by molar-refractivity contribution is 1.28. The van der Waals surface area contributed by atoms with Gasteiger partial charge in [0, 0.05) is 22.1 Å². The molecular weight excluding hydrogens is 410 g/mol. The fourth-order valence-electron chi connectivity index (χ4n) is 3.96. The van der Waals surface area contributed by atoms with Crippen molar-refractivity contribution in [2.45, 2.75) is 0 Å². The molecule has 2 heteroatoms. The summed E-state index contributed by atoms with van der Waals surface area (Å²) in [6, 6.07) is 46.1. The third-order valence-corrected chi connectivity index (χ3v) is 5.71. The van der Waals surface area contributed by atoms with E-state index in [9.17, 15) is 0 Å². The lowest BCUT2D eigenvalue weighted by Gasteiger charge is -2.26. The van der Waals surface area contributed by atoms with Crippen molar-refractivity contribution in [1.82, 2.24) is 0 Å². The van der Waals surface area contributed by atoms with E-state index in [0.29, 0.717) is 5.02 Å². The number of anilines is 3. The lowest BCUT2D eigenvalue weighted by Crippen LogP contribution is -2.10. The van der Waals surface area contributed by atoms with Crippen molar-refractivity contribution < 1.29 is 0 Å². The number of hydrogen-bond donors (Lipinski definition) is 0. The maximum absolute atomic E-state index is 6.60. The zero-order valence-electron chi connectivity index (χ0n) is 17.5. The average Bonchev–Trinajstić information content (AvgIpc) is 2.86. The van der Waals surface area contributed by atoms with Crippen molar-refractivity contribution in [2.75, 3.05) is 4.90 Å². The maximum Gasteiger partial charge on any atom is 0.0482 e. The molecule has 0 atom stereocenters. The third kappa shape index (κ3) is 4.30. The van der Waals surface area contributed by atoms with E-state index in [1.807, 2.05) is 42.5 Å². The third-order valence-electron chi connectivity index (χ3n) is 5.49. The standard InChI is InChI=1S/C30H22ClN/c31-27-20-26(24-12-6-2-7-13-24)21-30(22-27)32(28-14-8-3-9-15-28)29-18-16-25(17-19-29)23-10-4-1-5-11-23/h1-22H. The highest BCUT2D eigenvalue weighted by atomic mass is 35.5. The summed E-state index contributed by atoms with van der Waals surface area (Å²) in [4.78, 5) is 2.24. The lowest BCUT2D eigenvalue weighted by atomic mass is 10.0. The van der Waals surface area contributed by atoms with Crippen LogP contribution in [0.15, 0.2) is 133 Å². The molecule has 0 amide bonds. The van der Waals surface area contributed by atoms with Gasteiger partial charge in [-0.2, -0.15) is 0 Å². The fraction of sp³-hybridized carbons (Fsp3) is 0. The van der Waals surface area contributed by atoms with Crippen LogP contribution in [0.25, 0.3) is 22.3 Å². The molecule has 0 spiro atoms. The van der Waals surface area contributed by atoms with E-state index in [-0.39, 0.29) is 0 Å². The van der Waals surface area contributed by atoms with Crippen LogP contribution in [-0.2, 0) is 0 Å². The van der Waals surface area contributed by atoms with E-state index in [2.05, 4.69) is 95.9 Å². The molecule has 5 rings (SSSR count). The minimum atomic E-state index is 0.711. The van der Waals surface area contributed by atoms with Gasteiger partial charge >= 0.3 is 0 Å². The minimum absolute atomic E-state index is 0.711. The van der Waals surface area contributed by atoms with Crippen molar-refractivity contribution >= 4 is 28.7 Å². The summed E-state index contributed by atoms with van der Waals surface area (Å²) in [5, 5.41) is 0.711. The van der Waals surface area contributed by atoms with Crippen LogP contribution in [0.2, 0.25) is 5.02 Å². The van der Waals surface area contributed by atoms with Gasteiger partial charge in [0.1, 0.15) is 0 Å². The Balaban J connectivity index is 1.61. The summed E-state index contributed by atoms with van der Waals surface area (Å²) >= 11 is 6.60. The summed E-state index contributed by atoms with van der Waals surface area (Å²) in [7, 11) is 0. The molecule has 0 aromatic heterocycles. The zero-order chi connectivity index (χ0) is 21.8. The van der Waals surface area contributed by atoms with Gasteiger partial charge in [0.2, 0.25) is 0 Å². The van der Waals surface area contributed by atoms with Crippen LogP contribution in [0.4, 0.5) is 17.1 Å². The van der Waals surface area contributed by atoms with Crippen LogP contribution in [0.1, 0.15) is 0 Å². The van der Waals surface area contributed by atoms with Crippen LogP contribution in [-0.4, -0.2) is 0 Å². The molecule has 0 saturated carbocycles. The second-order valence-corrected chi connectivity index (χ2v) is 8.08. The molecule has 1 nitrogen and oxygen atoms in total. The Morgan fingerprint density at radius 2 is 0.844 bits per heavy atom. The molecule has 0 aliphatic carbocycles. The second kappa shape index (κ2) is 9.13. The molecule has 0 aliphatic heterocycles. The van der Waals surface area contributed by atoms with E-state index in [1.165, 1.54) is 11.1 Å². The molecule has 0 bridgehead atoms. The van der Waals surface area contributed by atoms with Crippen molar-refractivity contribution in [3.63, 3.8) is 0 Å². The van der Waals surface area contributed by atoms with Crippen molar-refractivity contribution in [3.05, 3.63) is 138 Å². The predicted octanol–water partition coefficient (Wildman–Crippen LogP) is 9.14. The molecule has 0 N–H and O–H groups in total. The summed E-state index contributed by atoms with van der Waals surface area (Å²) in [6.07, 6.45) is 0. The summed E-state index contributed by atoms with van der Waals surface area (Å²) in [5.74, 6) is 0. The molecular formula is C30H22ClN. The van der Waals surface area contributed by atoms with E-state index in [0.717, 1.165) is 28.2 Å². The summed E-state index contributed by atoms with van der Waals surface area (Å²) in [5.41, 5.74) is 7.82. The van der Waals surface area contributed by atoms with Gasteiger partial charge in [0.15, 0.2) is 0 Å². The SMILES string of the molecule is Clc1cc(-c2ccccc2)cc(N(c2ccccc2)c2ccc(-c3ccccc3)cc2)c1. The molecule has 154 valence electrons. The number of nitrogens with zero attached hydrogens (tertiary/aromatic N) is 1. The first kappa shape index (κ1) is 20.1. The Labute approximate surface area is 194 Å². The monoisotopic (exact) mass is 431 g/mol. The summed E-state index contributed by atoms with van der Waals surface area (Å²) in [6.45, 7) is 0. The van der Waals surface area contributed by atoms with E-state index < -0.39 is 0 Å². The number of halogens is 1. The molecule has 0 unspecified atom stereocenters. The first-order chi connectivity index (χ1) is 15.8. The molecule has 32 heavy (non-hydrogen) atoms. The smallest absolute Gasteiger partial charge is 0.0482 e. The number of para-hydroxylation sites is 1. The van der Waals surface area contributed by atoms with E-state index >= 15 is 0 Å². The molecule has 0 aliphatic rings. The normalized spacial score (nSPS) is 10.7. The predicted molar refractivity (Wildman–Crippen MR) is 137 cm³/mol. The van der Waals surface area contributed by atoms with Crippen molar-refractivity contribution in [2.24, 2.45) is 0 Å². The van der Waals surface area contributed by atoms with Gasteiger partial charge in [-0.15, -0.1) is 0 Å². The topological polar surface area (TPSA) is 3.24 Å². The Morgan fingerprint density at radius 1 is 0.375 bits per heavy atom. The highest BCUT2D eigenvalue weighted by Gasteiger charge is 2.14. The van der Waals surface area contributed by atoms with Gasteiger partial charge < -0.3 is 4.90 Å². The van der Waals surface area contributed by atoms with Gasteiger partial charge in [0.05, 0.1) is 0 Å². The van der Waals surface area contributed by atoms with Crippen LogP contribution >= 0.6 is 11.6 Å². The van der Waals surface area contributed by atoms with Crippen molar-refractivity contribution in [1.29, 1.82) is 0 Å².